The molecule has 0 saturated heterocycles. The molecule has 0 fully saturated rings. The number of carbonyl (C=O) groups is 1. The standard InChI is InChI=1S/C14H18N2O/c1-9-5-6-11-12(13(17)7-15-3)8-16(4)14(11)10(9)2/h5-6,8,15H,7H2,1-4H3. The van der Waals surface area contributed by atoms with Crippen LogP contribution in [-0.2, 0) is 7.05 Å². The summed E-state index contributed by atoms with van der Waals surface area (Å²) in [6, 6.07) is 4.12. The molecule has 0 radical (unpaired) electrons. The summed E-state index contributed by atoms with van der Waals surface area (Å²) in [5.41, 5.74) is 4.46. The monoisotopic (exact) mass is 230 g/mol. The van der Waals surface area contributed by atoms with Gasteiger partial charge in [-0.05, 0) is 32.0 Å². The Kier molecular flexibility index (Phi) is 3.03. The predicted octanol–water partition coefficient (Wildman–Crippen LogP) is 2.20. The smallest absolute Gasteiger partial charge is 0.178 e. The highest BCUT2D eigenvalue weighted by molar-refractivity contribution is 6.09. The molecule has 0 saturated carbocycles. The van der Waals surface area contributed by atoms with Crippen LogP contribution in [0.1, 0.15) is 21.5 Å². The van der Waals surface area contributed by atoms with Crippen molar-refractivity contribution in [1.82, 2.24) is 9.88 Å². The molecule has 2 rings (SSSR count). The van der Waals surface area contributed by atoms with E-state index in [0.717, 1.165) is 16.5 Å². The highest BCUT2D eigenvalue weighted by Gasteiger charge is 2.14. The first-order valence-electron chi connectivity index (χ1n) is 5.79. The fraction of sp³-hybridized carbons (Fsp3) is 0.357. The van der Waals surface area contributed by atoms with Crippen molar-refractivity contribution in [1.29, 1.82) is 0 Å². The highest BCUT2D eigenvalue weighted by Crippen LogP contribution is 2.26. The van der Waals surface area contributed by atoms with Crippen LogP contribution in [0.4, 0.5) is 0 Å². The van der Waals surface area contributed by atoms with E-state index < -0.39 is 0 Å². The molecule has 0 aliphatic carbocycles. The number of fused-ring (bicyclic) bond motifs is 1. The molecule has 90 valence electrons. The van der Waals surface area contributed by atoms with E-state index in [2.05, 4.69) is 25.2 Å². The first kappa shape index (κ1) is 11.9. The second-order valence-corrected chi connectivity index (χ2v) is 4.51. The van der Waals surface area contributed by atoms with Gasteiger partial charge < -0.3 is 9.88 Å². The molecule has 1 aromatic carbocycles. The zero-order valence-corrected chi connectivity index (χ0v) is 10.8. The van der Waals surface area contributed by atoms with Gasteiger partial charge in [-0.15, -0.1) is 0 Å². The predicted molar refractivity (Wildman–Crippen MR) is 70.7 cm³/mol. The quantitative estimate of drug-likeness (QED) is 0.820. The van der Waals surface area contributed by atoms with E-state index in [-0.39, 0.29) is 5.78 Å². The Bertz CT molecular complexity index is 581. The molecule has 0 spiro atoms. The molecular formula is C14H18N2O. The van der Waals surface area contributed by atoms with Crippen LogP contribution in [0.5, 0.6) is 0 Å². The van der Waals surface area contributed by atoms with Crippen LogP contribution in [0.3, 0.4) is 0 Å². The Hall–Kier alpha value is -1.61. The molecule has 17 heavy (non-hydrogen) atoms. The number of nitrogens with one attached hydrogen (secondary N) is 1. The number of aromatic nitrogens is 1. The summed E-state index contributed by atoms with van der Waals surface area (Å²) in [6.45, 7) is 4.58. The lowest BCUT2D eigenvalue weighted by Crippen LogP contribution is -2.18. The van der Waals surface area contributed by atoms with Gasteiger partial charge in [-0.2, -0.15) is 0 Å². The van der Waals surface area contributed by atoms with Crippen molar-refractivity contribution in [2.45, 2.75) is 13.8 Å². The summed E-state index contributed by atoms with van der Waals surface area (Å²) in [5.74, 6) is 0.140. The number of aryl methyl sites for hydroxylation is 3. The maximum atomic E-state index is 12.0. The van der Waals surface area contributed by atoms with E-state index in [9.17, 15) is 4.79 Å². The first-order valence-corrected chi connectivity index (χ1v) is 5.79. The fourth-order valence-corrected chi connectivity index (χ4v) is 2.28. The molecule has 3 heteroatoms. The second kappa shape index (κ2) is 4.34. The Morgan fingerprint density at radius 3 is 2.71 bits per heavy atom. The van der Waals surface area contributed by atoms with Crippen LogP contribution < -0.4 is 5.32 Å². The number of ketones is 1. The highest BCUT2D eigenvalue weighted by atomic mass is 16.1. The van der Waals surface area contributed by atoms with Crippen LogP contribution in [0.25, 0.3) is 10.9 Å². The second-order valence-electron chi connectivity index (χ2n) is 4.51. The third-order valence-corrected chi connectivity index (χ3v) is 3.31. The van der Waals surface area contributed by atoms with Crippen molar-refractivity contribution < 1.29 is 4.79 Å². The van der Waals surface area contributed by atoms with Crippen LogP contribution in [0.2, 0.25) is 0 Å². The largest absolute Gasteiger partial charge is 0.350 e. The number of likely N-dealkylation sites (N-methyl/N-ethyl adjacent to an activating group) is 1. The Labute approximate surface area is 101 Å². The molecule has 0 aliphatic rings. The van der Waals surface area contributed by atoms with Gasteiger partial charge in [-0.1, -0.05) is 12.1 Å². The van der Waals surface area contributed by atoms with Crippen molar-refractivity contribution >= 4 is 16.7 Å². The number of carbonyl (C=O) groups excluding carboxylic acids is 1. The minimum atomic E-state index is 0.140. The van der Waals surface area contributed by atoms with Crippen LogP contribution in [0.15, 0.2) is 18.3 Å². The van der Waals surface area contributed by atoms with Crippen molar-refractivity contribution in [2.75, 3.05) is 13.6 Å². The van der Waals surface area contributed by atoms with Crippen molar-refractivity contribution in [3.05, 3.63) is 35.0 Å². The van der Waals surface area contributed by atoms with E-state index in [4.69, 9.17) is 0 Å². The molecule has 0 atom stereocenters. The van der Waals surface area contributed by atoms with Gasteiger partial charge in [0.1, 0.15) is 0 Å². The SMILES string of the molecule is CNCC(=O)c1cn(C)c2c(C)c(C)ccc12. The summed E-state index contributed by atoms with van der Waals surface area (Å²) >= 11 is 0. The summed E-state index contributed by atoms with van der Waals surface area (Å²) in [4.78, 5) is 12.0. The summed E-state index contributed by atoms with van der Waals surface area (Å²) < 4.78 is 2.04. The molecular weight excluding hydrogens is 212 g/mol. The Morgan fingerprint density at radius 1 is 1.35 bits per heavy atom. The average Bonchev–Trinajstić information content (AvgIpc) is 2.62. The fourth-order valence-electron chi connectivity index (χ4n) is 2.28. The van der Waals surface area contributed by atoms with Crippen LogP contribution >= 0.6 is 0 Å². The number of nitrogens with zero attached hydrogens (tertiary/aromatic N) is 1. The third-order valence-electron chi connectivity index (χ3n) is 3.31. The lowest BCUT2D eigenvalue weighted by atomic mass is 10.0. The number of benzene rings is 1. The maximum absolute atomic E-state index is 12.0. The summed E-state index contributed by atoms with van der Waals surface area (Å²) in [5, 5.41) is 3.96. The Morgan fingerprint density at radius 2 is 2.06 bits per heavy atom. The van der Waals surface area contributed by atoms with Gasteiger partial charge in [0.15, 0.2) is 5.78 Å². The molecule has 3 nitrogen and oxygen atoms in total. The van der Waals surface area contributed by atoms with Gasteiger partial charge in [0, 0.05) is 24.2 Å². The molecule has 1 heterocycles. The number of Topliss-reactive ketones (excluding diaryl/α,β-unsaturated/α-hetero) is 1. The zero-order chi connectivity index (χ0) is 12.6. The molecule has 0 bridgehead atoms. The summed E-state index contributed by atoms with van der Waals surface area (Å²) in [6.07, 6.45) is 1.93. The lowest BCUT2D eigenvalue weighted by Gasteiger charge is -2.04. The summed E-state index contributed by atoms with van der Waals surface area (Å²) in [7, 11) is 3.78. The number of hydrogen-bond acceptors (Lipinski definition) is 2. The molecule has 0 unspecified atom stereocenters. The van der Waals surface area contributed by atoms with Gasteiger partial charge in [-0.25, -0.2) is 0 Å². The molecule has 0 aliphatic heterocycles. The molecule has 2 aromatic rings. The van der Waals surface area contributed by atoms with Crippen LogP contribution in [-0.4, -0.2) is 23.9 Å². The van der Waals surface area contributed by atoms with E-state index in [0.29, 0.717) is 6.54 Å². The topological polar surface area (TPSA) is 34.0 Å². The normalized spacial score (nSPS) is 11.1. The molecule has 0 amide bonds. The van der Waals surface area contributed by atoms with Crippen molar-refractivity contribution in [3.63, 3.8) is 0 Å². The minimum absolute atomic E-state index is 0.140. The van der Waals surface area contributed by atoms with Crippen LogP contribution in [0, 0.1) is 13.8 Å². The van der Waals surface area contributed by atoms with Gasteiger partial charge >= 0.3 is 0 Å². The van der Waals surface area contributed by atoms with E-state index in [1.165, 1.54) is 11.1 Å². The van der Waals surface area contributed by atoms with E-state index in [1.54, 1.807) is 7.05 Å². The maximum Gasteiger partial charge on any atom is 0.178 e. The zero-order valence-electron chi connectivity index (χ0n) is 10.8. The van der Waals surface area contributed by atoms with Gasteiger partial charge in [0.05, 0.1) is 12.1 Å². The van der Waals surface area contributed by atoms with Crippen molar-refractivity contribution in [3.8, 4) is 0 Å². The van der Waals surface area contributed by atoms with E-state index in [1.807, 2.05) is 23.9 Å². The van der Waals surface area contributed by atoms with Gasteiger partial charge in [-0.3, -0.25) is 4.79 Å². The van der Waals surface area contributed by atoms with Gasteiger partial charge in [0.25, 0.3) is 0 Å². The minimum Gasteiger partial charge on any atom is -0.350 e. The third kappa shape index (κ3) is 1.87. The van der Waals surface area contributed by atoms with Gasteiger partial charge in [0.2, 0.25) is 0 Å². The first-order chi connectivity index (χ1) is 8.06. The van der Waals surface area contributed by atoms with E-state index >= 15 is 0 Å². The lowest BCUT2D eigenvalue weighted by molar-refractivity contribution is 0.0995. The average molecular weight is 230 g/mol. The Balaban J connectivity index is 2.68. The molecule has 1 N–H and O–H groups in total. The van der Waals surface area contributed by atoms with Crippen molar-refractivity contribution in [2.24, 2.45) is 7.05 Å². The number of rotatable bonds is 3. The number of hydrogen-bond donors (Lipinski definition) is 1. The molecule has 1 aromatic heterocycles.